The van der Waals surface area contributed by atoms with Gasteiger partial charge in [0.05, 0.1) is 19.2 Å². The van der Waals surface area contributed by atoms with Crippen LogP contribution in [-0.4, -0.2) is 31.3 Å². The number of thiocarbonyl (C=S) groups is 1. The van der Waals surface area contributed by atoms with Crippen LogP contribution in [0.3, 0.4) is 0 Å². The highest BCUT2D eigenvalue weighted by Crippen LogP contribution is 2.36. The van der Waals surface area contributed by atoms with Crippen molar-refractivity contribution in [2.75, 3.05) is 14.2 Å². The Bertz CT molecular complexity index is 671. The second kappa shape index (κ2) is 9.28. The van der Waals surface area contributed by atoms with Gasteiger partial charge in [-0.05, 0) is 42.6 Å². The van der Waals surface area contributed by atoms with E-state index in [9.17, 15) is 4.79 Å². The molecule has 3 N–H and O–H groups in total. The van der Waals surface area contributed by atoms with Crippen molar-refractivity contribution in [3.8, 4) is 11.5 Å². The van der Waals surface area contributed by atoms with E-state index >= 15 is 0 Å². The predicted octanol–water partition coefficient (Wildman–Crippen LogP) is 3.29. The molecule has 0 heterocycles. The predicted molar refractivity (Wildman–Crippen MR) is 107 cm³/mol. The first-order valence-corrected chi connectivity index (χ1v) is 9.44. The van der Waals surface area contributed by atoms with Crippen LogP contribution >= 0.6 is 23.8 Å². The zero-order chi connectivity index (χ0) is 19.3. The molecule has 2 rings (SSSR count). The maximum atomic E-state index is 12.4. The third-order valence-corrected chi connectivity index (χ3v) is 5.51. The fraction of sp³-hybridized carbons (Fsp3) is 0.556. The first-order valence-electron chi connectivity index (χ1n) is 8.65. The van der Waals surface area contributed by atoms with Crippen LogP contribution < -0.4 is 25.6 Å². The van der Waals surface area contributed by atoms with E-state index in [0.29, 0.717) is 45.1 Å². The molecule has 0 bridgehead atoms. The van der Waals surface area contributed by atoms with Crippen molar-refractivity contribution >= 4 is 34.8 Å². The molecule has 6 nitrogen and oxygen atoms in total. The summed E-state index contributed by atoms with van der Waals surface area (Å²) in [6.45, 7) is 4.49. The Morgan fingerprint density at radius 1 is 1.19 bits per heavy atom. The molecule has 1 aliphatic rings. The van der Waals surface area contributed by atoms with Gasteiger partial charge in [0.2, 0.25) is 0 Å². The van der Waals surface area contributed by atoms with Gasteiger partial charge in [-0.25, -0.2) is 0 Å². The smallest absolute Gasteiger partial charge is 0.269 e. The summed E-state index contributed by atoms with van der Waals surface area (Å²) in [6.07, 6.45) is 3.51. The van der Waals surface area contributed by atoms with Crippen LogP contribution in [0.2, 0.25) is 5.02 Å². The van der Waals surface area contributed by atoms with Gasteiger partial charge in [0, 0.05) is 11.6 Å². The molecule has 3 atom stereocenters. The number of hydrogen-bond acceptors (Lipinski definition) is 4. The summed E-state index contributed by atoms with van der Waals surface area (Å²) in [5.74, 6) is 1.59. The van der Waals surface area contributed by atoms with Crippen LogP contribution in [0.15, 0.2) is 12.1 Å². The molecular weight excluding hydrogens is 374 g/mol. The molecular formula is C18H26ClN3O3S. The van der Waals surface area contributed by atoms with Crippen LogP contribution in [0, 0.1) is 11.8 Å². The van der Waals surface area contributed by atoms with Crippen LogP contribution in [0.5, 0.6) is 11.5 Å². The number of hydrazine groups is 1. The summed E-state index contributed by atoms with van der Waals surface area (Å²) < 4.78 is 10.4. The molecule has 0 aromatic heterocycles. The average molecular weight is 400 g/mol. The number of nitrogens with one attached hydrogen (secondary N) is 3. The van der Waals surface area contributed by atoms with Crippen molar-refractivity contribution < 1.29 is 14.3 Å². The van der Waals surface area contributed by atoms with Gasteiger partial charge >= 0.3 is 0 Å². The Balaban J connectivity index is 1.94. The zero-order valence-electron chi connectivity index (χ0n) is 15.5. The summed E-state index contributed by atoms with van der Waals surface area (Å²) in [7, 11) is 2.97. The lowest BCUT2D eigenvalue weighted by atomic mass is 9.78. The Kier molecular flexibility index (Phi) is 7.34. The monoisotopic (exact) mass is 399 g/mol. The molecule has 1 aliphatic carbocycles. The number of amides is 1. The van der Waals surface area contributed by atoms with Crippen LogP contribution in [0.1, 0.15) is 43.5 Å². The number of carbonyl (C=O) groups excluding carboxylic acids is 1. The van der Waals surface area contributed by atoms with Gasteiger partial charge in [0.15, 0.2) is 16.6 Å². The van der Waals surface area contributed by atoms with E-state index in [1.165, 1.54) is 33.1 Å². The maximum absolute atomic E-state index is 12.4. The van der Waals surface area contributed by atoms with Crippen LogP contribution in [0.25, 0.3) is 0 Å². The number of ether oxygens (including phenoxy) is 2. The minimum Gasteiger partial charge on any atom is -0.493 e. The van der Waals surface area contributed by atoms with E-state index in [1.807, 2.05) is 0 Å². The molecule has 144 valence electrons. The Morgan fingerprint density at radius 2 is 1.92 bits per heavy atom. The highest BCUT2D eigenvalue weighted by molar-refractivity contribution is 7.80. The molecule has 0 radical (unpaired) electrons. The topological polar surface area (TPSA) is 71.6 Å². The molecule has 1 saturated carbocycles. The maximum Gasteiger partial charge on any atom is 0.269 e. The lowest BCUT2D eigenvalue weighted by molar-refractivity contribution is 0.0942. The Labute approximate surface area is 164 Å². The van der Waals surface area contributed by atoms with Crippen LogP contribution in [-0.2, 0) is 0 Å². The third kappa shape index (κ3) is 4.92. The number of carbonyl (C=O) groups is 1. The Hall–Kier alpha value is -1.73. The lowest BCUT2D eigenvalue weighted by Gasteiger charge is -2.35. The highest BCUT2D eigenvalue weighted by Gasteiger charge is 2.27. The largest absolute Gasteiger partial charge is 0.493 e. The first kappa shape index (κ1) is 20.6. The van der Waals surface area contributed by atoms with Gasteiger partial charge in [0.25, 0.3) is 5.91 Å². The molecule has 0 spiro atoms. The molecule has 8 heteroatoms. The highest BCUT2D eigenvalue weighted by atomic mass is 35.5. The van der Waals surface area contributed by atoms with Crippen molar-refractivity contribution in [3.05, 3.63) is 22.7 Å². The molecule has 0 aliphatic heterocycles. The molecule has 26 heavy (non-hydrogen) atoms. The van der Waals surface area contributed by atoms with Crippen molar-refractivity contribution in [2.45, 2.75) is 39.2 Å². The number of halogens is 1. The van der Waals surface area contributed by atoms with E-state index in [1.54, 1.807) is 6.07 Å². The van der Waals surface area contributed by atoms with E-state index in [-0.39, 0.29) is 5.91 Å². The summed E-state index contributed by atoms with van der Waals surface area (Å²) in [5, 5.41) is 3.99. The quantitative estimate of drug-likeness (QED) is 0.533. The summed E-state index contributed by atoms with van der Waals surface area (Å²) in [5.41, 5.74) is 5.67. The normalized spacial score (nSPS) is 22.3. The summed E-state index contributed by atoms with van der Waals surface area (Å²) in [6, 6.07) is 3.39. The average Bonchev–Trinajstić information content (AvgIpc) is 2.62. The Morgan fingerprint density at radius 3 is 2.58 bits per heavy atom. The minimum atomic E-state index is -0.373. The molecule has 1 aromatic carbocycles. The SMILES string of the molecule is COc1cc(C(=O)NNC(=S)N[C@@H]2CCC[C@@H](C)[C@H]2C)cc(Cl)c1OC. The van der Waals surface area contributed by atoms with E-state index < -0.39 is 0 Å². The van der Waals surface area contributed by atoms with E-state index in [0.717, 1.165) is 6.42 Å². The molecule has 1 aromatic rings. The first-order chi connectivity index (χ1) is 12.4. The zero-order valence-corrected chi connectivity index (χ0v) is 17.1. The van der Waals surface area contributed by atoms with Crippen molar-refractivity contribution in [2.24, 2.45) is 11.8 Å². The number of rotatable bonds is 4. The van der Waals surface area contributed by atoms with Crippen molar-refractivity contribution in [1.82, 2.24) is 16.2 Å². The number of benzene rings is 1. The lowest BCUT2D eigenvalue weighted by Crippen LogP contribution is -2.52. The van der Waals surface area contributed by atoms with Gasteiger partial charge in [-0.3, -0.25) is 15.6 Å². The molecule has 1 amide bonds. The van der Waals surface area contributed by atoms with Gasteiger partial charge in [-0.1, -0.05) is 38.3 Å². The fourth-order valence-electron chi connectivity index (χ4n) is 3.22. The summed E-state index contributed by atoms with van der Waals surface area (Å²) >= 11 is 11.4. The van der Waals surface area contributed by atoms with E-state index in [4.69, 9.17) is 33.3 Å². The number of methoxy groups -OCH3 is 2. The standard InChI is InChI=1S/C18H26ClN3O3S/c1-10-6-5-7-14(11(10)2)20-18(26)22-21-17(23)12-8-13(19)16(25-4)15(9-12)24-3/h8-11,14H,5-7H2,1-4H3,(H,21,23)(H2,20,22,26)/t10-,11-,14-/m1/s1. The van der Waals surface area contributed by atoms with E-state index in [2.05, 4.69) is 30.0 Å². The minimum absolute atomic E-state index is 0.294. The van der Waals surface area contributed by atoms with Crippen LogP contribution in [0.4, 0.5) is 0 Å². The molecule has 1 fully saturated rings. The third-order valence-electron chi connectivity index (χ3n) is 5.01. The summed E-state index contributed by atoms with van der Waals surface area (Å²) in [4.78, 5) is 12.4. The fourth-order valence-corrected chi connectivity index (χ4v) is 3.72. The number of hydrogen-bond donors (Lipinski definition) is 3. The molecule has 0 saturated heterocycles. The van der Waals surface area contributed by atoms with Gasteiger partial charge < -0.3 is 14.8 Å². The van der Waals surface area contributed by atoms with Gasteiger partial charge in [-0.15, -0.1) is 0 Å². The second-order valence-electron chi connectivity index (χ2n) is 6.62. The second-order valence-corrected chi connectivity index (χ2v) is 7.44. The molecule has 0 unspecified atom stereocenters. The van der Waals surface area contributed by atoms with Gasteiger partial charge in [0.1, 0.15) is 0 Å². The van der Waals surface area contributed by atoms with Crippen molar-refractivity contribution in [1.29, 1.82) is 0 Å². The van der Waals surface area contributed by atoms with Crippen molar-refractivity contribution in [3.63, 3.8) is 0 Å². The van der Waals surface area contributed by atoms with Gasteiger partial charge in [-0.2, -0.15) is 0 Å².